The van der Waals surface area contributed by atoms with Gasteiger partial charge in [0.25, 0.3) is 8.32 Å². The predicted octanol–water partition coefficient (Wildman–Crippen LogP) is 5.30. The van der Waals surface area contributed by atoms with E-state index in [1.807, 2.05) is 0 Å². The maximum atomic E-state index is 6.88. The Bertz CT molecular complexity index is 686. The van der Waals surface area contributed by atoms with Crippen molar-refractivity contribution in [3.05, 3.63) is 72.8 Å². The van der Waals surface area contributed by atoms with Crippen molar-refractivity contribution < 1.29 is 4.43 Å². The summed E-state index contributed by atoms with van der Waals surface area (Å²) in [4.78, 5) is 0. The molecule has 2 rings (SSSR count). The van der Waals surface area contributed by atoms with Gasteiger partial charge in [0.2, 0.25) is 0 Å². The van der Waals surface area contributed by atoms with E-state index in [2.05, 4.69) is 107 Å². The molecule has 0 bridgehead atoms. The average Bonchev–Trinajstić information content (AvgIpc) is 2.64. The summed E-state index contributed by atoms with van der Waals surface area (Å²) in [6.45, 7) is 12.1. The van der Waals surface area contributed by atoms with Gasteiger partial charge < -0.3 is 10.2 Å². The number of halogens is 1. The molecule has 0 saturated heterocycles. The van der Waals surface area contributed by atoms with Crippen molar-refractivity contribution in [3.63, 3.8) is 0 Å². The van der Waals surface area contributed by atoms with Crippen molar-refractivity contribution in [1.82, 2.24) is 0 Å². The third kappa shape index (κ3) is 6.82. The molecule has 2 N–H and O–H groups in total. The fourth-order valence-electron chi connectivity index (χ4n) is 3.94. The first kappa shape index (κ1) is 25.6. The minimum absolute atomic E-state index is 0. The van der Waals surface area contributed by atoms with Crippen molar-refractivity contribution in [1.29, 1.82) is 0 Å². The van der Waals surface area contributed by atoms with E-state index in [9.17, 15) is 0 Å². The van der Waals surface area contributed by atoms with Crippen molar-refractivity contribution >= 4 is 31.1 Å². The molecule has 1 atom stereocenters. The van der Waals surface area contributed by atoms with Crippen LogP contribution in [0.3, 0.4) is 0 Å². The number of hydrogen-bond donors (Lipinski definition) is 1. The van der Waals surface area contributed by atoms with Crippen LogP contribution in [0.1, 0.15) is 47.5 Å². The number of rotatable bonds is 9. The van der Waals surface area contributed by atoms with Gasteiger partial charge in [0.05, 0.1) is 0 Å². The summed E-state index contributed by atoms with van der Waals surface area (Å²) < 4.78 is 6.88. The maximum absolute atomic E-state index is 6.88. The van der Waals surface area contributed by atoms with Crippen LogP contribution in [0.2, 0.25) is 5.04 Å². The van der Waals surface area contributed by atoms with Crippen molar-refractivity contribution in [3.8, 4) is 0 Å². The molecule has 0 saturated carbocycles. The second-order valence-corrected chi connectivity index (χ2v) is 13.3. The molecule has 0 unspecified atom stereocenters. The molecule has 4 heteroatoms. The van der Waals surface area contributed by atoms with E-state index in [0.29, 0.717) is 12.5 Å². The Labute approximate surface area is 185 Å². The summed E-state index contributed by atoms with van der Waals surface area (Å²) in [5.74, 6) is 0.619. The zero-order valence-corrected chi connectivity index (χ0v) is 20.4. The summed E-state index contributed by atoms with van der Waals surface area (Å²) in [5.41, 5.74) is 6.18. The van der Waals surface area contributed by atoms with Crippen LogP contribution in [0.15, 0.2) is 72.8 Å². The van der Waals surface area contributed by atoms with Crippen molar-refractivity contribution in [2.45, 2.75) is 58.5 Å². The van der Waals surface area contributed by atoms with Gasteiger partial charge in [0.15, 0.2) is 0 Å². The Hall–Kier alpha value is -1.39. The second kappa shape index (κ2) is 11.7. The molecule has 160 valence electrons. The summed E-state index contributed by atoms with van der Waals surface area (Å²) >= 11 is 0. The molecule has 2 nitrogen and oxygen atoms in total. The lowest BCUT2D eigenvalue weighted by molar-refractivity contribution is 0.304. The van der Waals surface area contributed by atoms with Gasteiger partial charge in [-0.3, -0.25) is 0 Å². The molecule has 29 heavy (non-hydrogen) atoms. The third-order valence-corrected chi connectivity index (χ3v) is 10.2. The van der Waals surface area contributed by atoms with Gasteiger partial charge in [0.1, 0.15) is 0 Å². The van der Waals surface area contributed by atoms with Crippen LogP contribution in [0, 0.1) is 5.92 Å². The molecular weight excluding hydrogens is 394 g/mol. The van der Waals surface area contributed by atoms with Gasteiger partial charge in [-0.05, 0) is 34.2 Å². The quantitative estimate of drug-likeness (QED) is 0.332. The molecule has 0 heterocycles. The zero-order chi connectivity index (χ0) is 20.6. The first-order valence-corrected chi connectivity index (χ1v) is 12.4. The molecule has 0 aromatic heterocycles. The Morgan fingerprint density at radius 2 is 1.41 bits per heavy atom. The van der Waals surface area contributed by atoms with Gasteiger partial charge >= 0.3 is 0 Å². The third-order valence-electron chi connectivity index (χ3n) is 5.15. The second-order valence-electron chi connectivity index (χ2n) is 9.02. The van der Waals surface area contributed by atoms with Crippen LogP contribution in [-0.2, 0) is 4.43 Å². The van der Waals surface area contributed by atoms with Crippen LogP contribution in [-0.4, -0.2) is 21.0 Å². The van der Waals surface area contributed by atoms with E-state index < -0.39 is 8.32 Å². The minimum Gasteiger partial charge on any atom is -0.407 e. The van der Waals surface area contributed by atoms with Gasteiger partial charge in [-0.1, -0.05) is 107 Å². The molecule has 0 aliphatic rings. The van der Waals surface area contributed by atoms with E-state index in [1.165, 1.54) is 10.4 Å². The minimum atomic E-state index is -2.42. The lowest BCUT2D eigenvalue weighted by Crippen LogP contribution is -2.66. The van der Waals surface area contributed by atoms with E-state index in [1.54, 1.807) is 0 Å². The molecular formula is C25H38ClNOSi. The fraction of sp³-hybridized carbons (Fsp3) is 0.440. The van der Waals surface area contributed by atoms with E-state index in [-0.39, 0.29) is 23.5 Å². The smallest absolute Gasteiger partial charge is 0.261 e. The monoisotopic (exact) mass is 431 g/mol. The predicted molar refractivity (Wildman–Crippen MR) is 132 cm³/mol. The largest absolute Gasteiger partial charge is 0.407 e. The molecule has 2 aromatic rings. The fourth-order valence-corrected chi connectivity index (χ4v) is 8.52. The van der Waals surface area contributed by atoms with E-state index in [4.69, 9.17) is 10.2 Å². The number of nitrogens with two attached hydrogens (primary N) is 1. The van der Waals surface area contributed by atoms with Gasteiger partial charge in [-0.15, -0.1) is 12.4 Å². The Kier molecular flexibility index (Phi) is 10.4. The first-order chi connectivity index (χ1) is 13.3. The Balaban J connectivity index is 0.00000420. The van der Waals surface area contributed by atoms with Gasteiger partial charge in [-0.25, -0.2) is 0 Å². The van der Waals surface area contributed by atoms with Crippen LogP contribution in [0.5, 0.6) is 0 Å². The standard InChI is InChI=1S/C25H37NOSi.ClH/c1-21(2)20-22(26)14-12-13-19-27-28(25(3,4)5,23-15-8-6-9-16-23)24-17-10-7-11-18-24;/h6-12,14-18,21-22H,13,19-20,26H2,1-5H3;1H/b14-12+;/t22-;/m1./s1. The van der Waals surface area contributed by atoms with Crippen molar-refractivity contribution in [2.24, 2.45) is 11.7 Å². The van der Waals surface area contributed by atoms with Crippen LogP contribution in [0.4, 0.5) is 0 Å². The van der Waals surface area contributed by atoms with E-state index >= 15 is 0 Å². The van der Waals surface area contributed by atoms with Gasteiger partial charge in [-0.2, -0.15) is 0 Å². The topological polar surface area (TPSA) is 35.2 Å². The molecule has 0 spiro atoms. The molecule has 2 aromatic carbocycles. The lowest BCUT2D eigenvalue weighted by atomic mass is 10.0. The van der Waals surface area contributed by atoms with Crippen molar-refractivity contribution in [2.75, 3.05) is 6.61 Å². The Morgan fingerprint density at radius 1 is 0.931 bits per heavy atom. The van der Waals surface area contributed by atoms with Crippen LogP contribution >= 0.6 is 12.4 Å². The number of benzene rings is 2. The average molecular weight is 432 g/mol. The summed E-state index contributed by atoms with van der Waals surface area (Å²) in [6, 6.07) is 21.7. The highest BCUT2D eigenvalue weighted by atomic mass is 35.5. The van der Waals surface area contributed by atoms with Crippen LogP contribution < -0.4 is 16.1 Å². The van der Waals surface area contributed by atoms with Crippen LogP contribution in [0.25, 0.3) is 0 Å². The van der Waals surface area contributed by atoms with E-state index in [0.717, 1.165) is 12.8 Å². The zero-order valence-electron chi connectivity index (χ0n) is 18.6. The molecule has 0 amide bonds. The lowest BCUT2D eigenvalue weighted by Gasteiger charge is -2.43. The molecule has 0 fully saturated rings. The molecule has 0 aliphatic carbocycles. The SMILES string of the molecule is CC(C)C[C@H](N)/C=C/CCO[Si](c1ccccc1)(c1ccccc1)C(C)(C)C.Cl. The highest BCUT2D eigenvalue weighted by Crippen LogP contribution is 2.36. The highest BCUT2D eigenvalue weighted by Gasteiger charge is 2.49. The first-order valence-electron chi connectivity index (χ1n) is 10.4. The van der Waals surface area contributed by atoms with Gasteiger partial charge in [0, 0.05) is 12.6 Å². The maximum Gasteiger partial charge on any atom is 0.261 e. The molecule has 0 aliphatic heterocycles. The normalized spacial score (nSPS) is 13.5. The highest BCUT2D eigenvalue weighted by molar-refractivity contribution is 6.99. The summed E-state index contributed by atoms with van der Waals surface area (Å²) in [7, 11) is -2.42. The summed E-state index contributed by atoms with van der Waals surface area (Å²) in [5, 5.41) is 2.68. The Morgan fingerprint density at radius 3 is 1.83 bits per heavy atom. The number of hydrogen-bond acceptors (Lipinski definition) is 2. The summed E-state index contributed by atoms with van der Waals surface area (Å²) in [6.07, 6.45) is 6.22. The molecule has 0 radical (unpaired) electrons.